The molecule has 21 heavy (non-hydrogen) atoms. The van der Waals surface area contributed by atoms with E-state index in [1.54, 1.807) is 0 Å². The predicted molar refractivity (Wildman–Crippen MR) is 96.8 cm³/mol. The lowest BCUT2D eigenvalue weighted by Crippen LogP contribution is -2.29. The van der Waals surface area contributed by atoms with Gasteiger partial charge in [0.05, 0.1) is 0 Å². The molecular weight excluding hydrogens is 300 g/mol. The van der Waals surface area contributed by atoms with Crippen molar-refractivity contribution in [2.24, 2.45) is 0 Å². The van der Waals surface area contributed by atoms with Gasteiger partial charge in [0.25, 0.3) is 0 Å². The molecular formula is C17H27ClN2S. The zero-order chi connectivity index (χ0) is 15.3. The Morgan fingerprint density at radius 1 is 1.33 bits per heavy atom. The van der Waals surface area contributed by atoms with Crippen LogP contribution in [0.4, 0.5) is 5.69 Å². The van der Waals surface area contributed by atoms with Crippen LogP contribution in [0.3, 0.4) is 0 Å². The van der Waals surface area contributed by atoms with Crippen LogP contribution in [0.1, 0.15) is 39.2 Å². The number of benzene rings is 1. The van der Waals surface area contributed by atoms with Crippen molar-refractivity contribution >= 4 is 29.1 Å². The third-order valence-corrected chi connectivity index (χ3v) is 5.73. The minimum absolute atomic E-state index is 0.383. The van der Waals surface area contributed by atoms with Gasteiger partial charge in [-0.3, -0.25) is 0 Å². The Labute approximate surface area is 138 Å². The highest BCUT2D eigenvalue weighted by atomic mass is 35.5. The lowest BCUT2D eigenvalue weighted by molar-refractivity contribution is 0.633. The Balaban J connectivity index is 2.16. The monoisotopic (exact) mass is 326 g/mol. The fraction of sp³-hybridized carbons (Fsp3) is 0.647. The predicted octanol–water partition coefficient (Wildman–Crippen LogP) is 4.56. The summed E-state index contributed by atoms with van der Waals surface area (Å²) in [6.45, 7) is 11.0. The zero-order valence-electron chi connectivity index (χ0n) is 13.4. The summed E-state index contributed by atoms with van der Waals surface area (Å²) in [6, 6.07) is 6.30. The second kappa shape index (κ2) is 7.75. The highest BCUT2D eigenvalue weighted by molar-refractivity contribution is 8.00. The van der Waals surface area contributed by atoms with Gasteiger partial charge in [-0.1, -0.05) is 38.4 Å². The second-order valence-electron chi connectivity index (χ2n) is 6.26. The molecule has 0 saturated carbocycles. The molecule has 1 saturated heterocycles. The molecule has 1 aliphatic heterocycles. The normalized spacial score (nSPS) is 18.6. The number of hydrogen-bond donors (Lipinski definition) is 1. The molecule has 1 aliphatic rings. The molecule has 0 atom stereocenters. The molecule has 0 radical (unpaired) electrons. The third kappa shape index (κ3) is 4.80. The summed E-state index contributed by atoms with van der Waals surface area (Å²) in [7, 11) is 0. The average molecular weight is 327 g/mol. The molecule has 0 unspecified atom stereocenters. The van der Waals surface area contributed by atoms with Crippen molar-refractivity contribution in [3.63, 3.8) is 0 Å². The number of thioether (sulfide) groups is 1. The van der Waals surface area contributed by atoms with Gasteiger partial charge in [0, 0.05) is 46.4 Å². The maximum Gasteiger partial charge on any atom is 0.0471 e. The Bertz CT molecular complexity index is 462. The second-order valence-corrected chi connectivity index (χ2v) is 8.47. The first kappa shape index (κ1) is 17.0. The van der Waals surface area contributed by atoms with E-state index in [2.05, 4.69) is 54.9 Å². The summed E-state index contributed by atoms with van der Waals surface area (Å²) in [5, 5.41) is 4.37. The number of rotatable bonds is 5. The van der Waals surface area contributed by atoms with Crippen LogP contribution < -0.4 is 10.2 Å². The molecule has 2 rings (SSSR count). The first-order valence-electron chi connectivity index (χ1n) is 7.90. The number of nitrogens with one attached hydrogen (secondary N) is 1. The lowest BCUT2D eigenvalue weighted by Gasteiger charge is -2.27. The van der Waals surface area contributed by atoms with Gasteiger partial charge >= 0.3 is 0 Å². The van der Waals surface area contributed by atoms with Crippen molar-refractivity contribution in [1.29, 1.82) is 0 Å². The van der Waals surface area contributed by atoms with Gasteiger partial charge in [0.1, 0.15) is 0 Å². The maximum atomic E-state index is 6.45. The van der Waals surface area contributed by atoms with E-state index in [0.29, 0.717) is 4.75 Å². The first-order valence-corrected chi connectivity index (χ1v) is 9.27. The van der Waals surface area contributed by atoms with E-state index >= 15 is 0 Å². The van der Waals surface area contributed by atoms with Crippen molar-refractivity contribution in [1.82, 2.24) is 5.32 Å². The van der Waals surface area contributed by atoms with Gasteiger partial charge in [-0.15, -0.1) is 0 Å². The van der Waals surface area contributed by atoms with Gasteiger partial charge in [-0.05, 0) is 31.5 Å². The average Bonchev–Trinajstić information content (AvgIpc) is 2.62. The molecule has 1 N–H and O–H groups in total. The van der Waals surface area contributed by atoms with Gasteiger partial charge in [0.2, 0.25) is 0 Å². The summed E-state index contributed by atoms with van der Waals surface area (Å²) in [4.78, 5) is 2.51. The van der Waals surface area contributed by atoms with E-state index < -0.39 is 0 Å². The lowest BCUT2D eigenvalue weighted by atomic mass is 10.1. The smallest absolute Gasteiger partial charge is 0.0471 e. The highest BCUT2D eigenvalue weighted by Gasteiger charge is 2.25. The molecule has 0 spiro atoms. The quantitative estimate of drug-likeness (QED) is 0.798. The summed E-state index contributed by atoms with van der Waals surface area (Å²) >= 11 is 8.53. The molecule has 4 heteroatoms. The SMILES string of the molecule is CCCNCc1c(Cl)cccc1N1CCSC(C)(C)CC1. The van der Waals surface area contributed by atoms with Crippen LogP contribution in [0, 0.1) is 0 Å². The first-order chi connectivity index (χ1) is 10.0. The van der Waals surface area contributed by atoms with Gasteiger partial charge < -0.3 is 10.2 Å². The maximum absolute atomic E-state index is 6.45. The van der Waals surface area contributed by atoms with Gasteiger partial charge in [0.15, 0.2) is 0 Å². The number of anilines is 1. The molecule has 1 aromatic rings. The zero-order valence-corrected chi connectivity index (χ0v) is 15.0. The van der Waals surface area contributed by atoms with Crippen LogP contribution in [-0.2, 0) is 6.54 Å². The van der Waals surface area contributed by atoms with Gasteiger partial charge in [-0.2, -0.15) is 11.8 Å². The van der Waals surface area contributed by atoms with Crippen molar-refractivity contribution in [3.05, 3.63) is 28.8 Å². The third-order valence-electron chi connectivity index (χ3n) is 4.00. The van der Waals surface area contributed by atoms with E-state index in [1.165, 1.54) is 23.4 Å². The van der Waals surface area contributed by atoms with Crippen LogP contribution in [0.5, 0.6) is 0 Å². The van der Waals surface area contributed by atoms with Crippen LogP contribution in [0.2, 0.25) is 5.02 Å². The summed E-state index contributed by atoms with van der Waals surface area (Å²) in [6.07, 6.45) is 2.36. The van der Waals surface area contributed by atoms with Crippen LogP contribution in [-0.4, -0.2) is 30.1 Å². The van der Waals surface area contributed by atoms with E-state index in [0.717, 1.165) is 37.6 Å². The van der Waals surface area contributed by atoms with Crippen LogP contribution >= 0.6 is 23.4 Å². The molecule has 0 amide bonds. The number of halogens is 1. The Kier molecular flexibility index (Phi) is 6.27. The topological polar surface area (TPSA) is 15.3 Å². The van der Waals surface area contributed by atoms with Crippen LogP contribution in [0.15, 0.2) is 18.2 Å². The fourth-order valence-corrected chi connectivity index (χ4v) is 4.01. The van der Waals surface area contributed by atoms with E-state index in [4.69, 9.17) is 11.6 Å². The number of nitrogens with zero attached hydrogens (tertiary/aromatic N) is 1. The molecule has 2 nitrogen and oxygen atoms in total. The largest absolute Gasteiger partial charge is 0.370 e. The van der Waals surface area contributed by atoms with Crippen molar-refractivity contribution in [2.45, 2.75) is 44.9 Å². The molecule has 1 fully saturated rings. The van der Waals surface area contributed by atoms with Crippen molar-refractivity contribution in [2.75, 3.05) is 30.3 Å². The highest BCUT2D eigenvalue weighted by Crippen LogP contribution is 2.34. The molecule has 0 aromatic heterocycles. The minimum Gasteiger partial charge on any atom is -0.370 e. The molecule has 0 bridgehead atoms. The van der Waals surface area contributed by atoms with Crippen molar-refractivity contribution < 1.29 is 0 Å². The molecule has 118 valence electrons. The fourth-order valence-electron chi connectivity index (χ4n) is 2.67. The number of hydrogen-bond acceptors (Lipinski definition) is 3. The van der Waals surface area contributed by atoms with E-state index in [-0.39, 0.29) is 0 Å². The molecule has 1 aromatic carbocycles. The van der Waals surface area contributed by atoms with Gasteiger partial charge in [-0.25, -0.2) is 0 Å². The molecule has 0 aliphatic carbocycles. The summed E-state index contributed by atoms with van der Waals surface area (Å²) in [5.41, 5.74) is 2.56. The molecule has 1 heterocycles. The Morgan fingerprint density at radius 3 is 2.90 bits per heavy atom. The standard InChI is InChI=1S/C17H27ClN2S/c1-4-9-19-13-14-15(18)6-5-7-16(14)20-10-8-17(2,3)21-12-11-20/h5-7,19H,4,8-13H2,1-3H3. The van der Waals surface area contributed by atoms with Crippen molar-refractivity contribution in [3.8, 4) is 0 Å². The van der Waals surface area contributed by atoms with Crippen LogP contribution in [0.25, 0.3) is 0 Å². The minimum atomic E-state index is 0.383. The van der Waals surface area contributed by atoms with E-state index in [9.17, 15) is 0 Å². The van der Waals surface area contributed by atoms with E-state index in [1.807, 2.05) is 6.07 Å². The summed E-state index contributed by atoms with van der Waals surface area (Å²) < 4.78 is 0.383. The Morgan fingerprint density at radius 2 is 2.14 bits per heavy atom. The summed E-state index contributed by atoms with van der Waals surface area (Å²) in [5.74, 6) is 1.18. The Hall–Kier alpha value is -0.380.